The Morgan fingerprint density at radius 1 is 1.24 bits per heavy atom. The molecule has 0 radical (unpaired) electrons. The van der Waals surface area contributed by atoms with E-state index in [2.05, 4.69) is 29.8 Å². The van der Waals surface area contributed by atoms with E-state index in [0.29, 0.717) is 25.7 Å². The van der Waals surface area contributed by atoms with Crippen molar-refractivity contribution in [3.8, 4) is 0 Å². The Hall–Kier alpha value is -0.460. The Labute approximate surface area is 133 Å². The first-order chi connectivity index (χ1) is 10.0. The molecular formula is C16H21BrO4. The molecule has 2 bridgehead atoms. The number of fused-ring (bicyclic) bond motifs is 3. The maximum absolute atomic E-state index is 6.22. The van der Waals surface area contributed by atoms with Gasteiger partial charge in [0.05, 0.1) is 25.9 Å². The highest BCUT2D eigenvalue weighted by Gasteiger charge is 2.60. The summed E-state index contributed by atoms with van der Waals surface area (Å²) < 4.78 is 24.6. The summed E-state index contributed by atoms with van der Waals surface area (Å²) in [6, 6.07) is 7.85. The van der Waals surface area contributed by atoms with Gasteiger partial charge in [-0.3, -0.25) is 0 Å². The molecule has 0 aromatic heterocycles. The van der Waals surface area contributed by atoms with E-state index in [-0.39, 0.29) is 11.5 Å². The fourth-order valence-corrected chi connectivity index (χ4v) is 3.31. The molecule has 0 N–H and O–H groups in total. The van der Waals surface area contributed by atoms with E-state index < -0.39 is 5.97 Å². The van der Waals surface area contributed by atoms with Crippen molar-refractivity contribution in [1.82, 2.24) is 0 Å². The van der Waals surface area contributed by atoms with Crippen LogP contribution in [0.25, 0.3) is 0 Å². The molecule has 116 valence electrons. The molecule has 1 unspecified atom stereocenters. The highest BCUT2D eigenvalue weighted by atomic mass is 79.9. The quantitative estimate of drug-likeness (QED) is 0.829. The standard InChI is InChI=1S/C16H21BrO4/c1-11(2)15-9-19-16(20-10-15,21-14(15)8-18-3)12-4-6-13(17)7-5-12/h4-7,11,14H,8-10H2,1-3H3. The SMILES string of the molecule is COCC1OC2(c3ccc(Br)cc3)OCC1(C(C)C)CO2. The normalized spacial score (nSPS) is 35.4. The predicted octanol–water partition coefficient (Wildman–Crippen LogP) is 3.29. The van der Waals surface area contributed by atoms with Gasteiger partial charge in [0.2, 0.25) is 0 Å². The van der Waals surface area contributed by atoms with E-state index in [0.717, 1.165) is 10.0 Å². The van der Waals surface area contributed by atoms with E-state index in [4.69, 9.17) is 18.9 Å². The summed E-state index contributed by atoms with van der Waals surface area (Å²) in [6.07, 6.45) is -0.0337. The number of hydrogen-bond donors (Lipinski definition) is 0. The second-order valence-electron chi connectivity index (χ2n) is 6.09. The molecule has 3 saturated heterocycles. The lowest BCUT2D eigenvalue weighted by molar-refractivity contribution is -0.506. The van der Waals surface area contributed by atoms with Gasteiger partial charge in [0.15, 0.2) is 0 Å². The third-order valence-electron chi connectivity index (χ3n) is 4.67. The molecule has 1 aromatic carbocycles. The first kappa shape index (κ1) is 15.4. The summed E-state index contributed by atoms with van der Waals surface area (Å²) in [5, 5.41) is 0. The number of rotatable bonds is 4. The molecule has 21 heavy (non-hydrogen) atoms. The molecule has 3 aliphatic heterocycles. The molecular weight excluding hydrogens is 336 g/mol. The zero-order valence-electron chi connectivity index (χ0n) is 12.6. The van der Waals surface area contributed by atoms with Crippen LogP contribution in [0.15, 0.2) is 28.7 Å². The van der Waals surface area contributed by atoms with Crippen LogP contribution in [0.1, 0.15) is 19.4 Å². The smallest absolute Gasteiger partial charge is 0.312 e. The zero-order valence-corrected chi connectivity index (χ0v) is 14.2. The monoisotopic (exact) mass is 356 g/mol. The second-order valence-corrected chi connectivity index (χ2v) is 7.01. The molecule has 0 amide bonds. The van der Waals surface area contributed by atoms with E-state index in [1.54, 1.807) is 7.11 Å². The van der Waals surface area contributed by atoms with Gasteiger partial charge in [0.25, 0.3) is 0 Å². The van der Waals surface area contributed by atoms with Crippen molar-refractivity contribution >= 4 is 15.9 Å². The highest BCUT2D eigenvalue weighted by Crippen LogP contribution is 2.51. The van der Waals surface area contributed by atoms with Gasteiger partial charge in [0.1, 0.15) is 0 Å². The van der Waals surface area contributed by atoms with E-state index in [9.17, 15) is 0 Å². The Morgan fingerprint density at radius 2 is 1.86 bits per heavy atom. The third-order valence-corrected chi connectivity index (χ3v) is 5.19. The summed E-state index contributed by atoms with van der Waals surface area (Å²) in [6.45, 7) is 6.14. The number of benzene rings is 1. The van der Waals surface area contributed by atoms with Crippen LogP contribution in [0.2, 0.25) is 0 Å². The van der Waals surface area contributed by atoms with Crippen molar-refractivity contribution in [2.45, 2.75) is 25.9 Å². The lowest BCUT2D eigenvalue weighted by Crippen LogP contribution is -2.66. The van der Waals surface area contributed by atoms with Gasteiger partial charge in [-0.25, -0.2) is 0 Å². The molecule has 4 rings (SSSR count). The van der Waals surface area contributed by atoms with Crippen molar-refractivity contribution in [2.75, 3.05) is 26.9 Å². The van der Waals surface area contributed by atoms with E-state index >= 15 is 0 Å². The Morgan fingerprint density at radius 3 is 2.38 bits per heavy atom. The molecule has 0 spiro atoms. The molecule has 5 heteroatoms. The van der Waals surface area contributed by atoms with Crippen LogP contribution in [0.5, 0.6) is 0 Å². The lowest BCUT2D eigenvalue weighted by atomic mass is 9.72. The maximum atomic E-state index is 6.22. The van der Waals surface area contributed by atoms with Crippen LogP contribution in [-0.4, -0.2) is 33.0 Å². The van der Waals surface area contributed by atoms with Crippen LogP contribution in [0.4, 0.5) is 0 Å². The van der Waals surface area contributed by atoms with Gasteiger partial charge in [-0.2, -0.15) is 0 Å². The number of ether oxygens (including phenoxy) is 4. The van der Waals surface area contributed by atoms with Crippen LogP contribution in [-0.2, 0) is 24.9 Å². The summed E-state index contributed by atoms with van der Waals surface area (Å²) in [4.78, 5) is 0. The summed E-state index contributed by atoms with van der Waals surface area (Å²) in [7, 11) is 1.70. The fraction of sp³-hybridized carbons (Fsp3) is 0.625. The first-order valence-corrected chi connectivity index (χ1v) is 8.02. The van der Waals surface area contributed by atoms with Crippen molar-refractivity contribution in [2.24, 2.45) is 11.3 Å². The molecule has 4 nitrogen and oxygen atoms in total. The molecule has 0 aliphatic carbocycles. The van der Waals surface area contributed by atoms with Crippen molar-refractivity contribution in [3.63, 3.8) is 0 Å². The maximum Gasteiger partial charge on any atom is 0.312 e. The van der Waals surface area contributed by atoms with E-state index in [1.165, 1.54) is 0 Å². The summed E-state index contributed by atoms with van der Waals surface area (Å²) >= 11 is 3.44. The third kappa shape index (κ3) is 2.45. The fourth-order valence-electron chi connectivity index (χ4n) is 3.05. The Bertz CT molecular complexity index is 492. The van der Waals surface area contributed by atoms with E-state index in [1.807, 2.05) is 24.3 Å². The molecule has 0 saturated carbocycles. The topological polar surface area (TPSA) is 36.9 Å². The molecule has 3 heterocycles. The van der Waals surface area contributed by atoms with Crippen molar-refractivity contribution in [3.05, 3.63) is 34.3 Å². The lowest BCUT2D eigenvalue weighted by Gasteiger charge is -2.57. The summed E-state index contributed by atoms with van der Waals surface area (Å²) in [5.74, 6) is -0.707. The number of hydrogen-bond acceptors (Lipinski definition) is 4. The van der Waals surface area contributed by atoms with Crippen molar-refractivity contribution in [1.29, 1.82) is 0 Å². The van der Waals surface area contributed by atoms with Gasteiger partial charge in [-0.05, 0) is 30.2 Å². The van der Waals surface area contributed by atoms with Gasteiger partial charge in [-0.1, -0.05) is 29.8 Å². The molecule has 3 fully saturated rings. The number of halogens is 1. The average Bonchev–Trinajstić information content (AvgIpc) is 2.49. The zero-order chi connectivity index (χ0) is 15.1. The summed E-state index contributed by atoms with van der Waals surface area (Å²) in [5.41, 5.74) is 0.733. The molecule has 3 aliphatic rings. The van der Waals surface area contributed by atoms with Crippen molar-refractivity contribution < 1.29 is 18.9 Å². The van der Waals surface area contributed by atoms with Gasteiger partial charge in [-0.15, -0.1) is 0 Å². The minimum Gasteiger partial charge on any atom is -0.382 e. The van der Waals surface area contributed by atoms with Crippen LogP contribution in [0.3, 0.4) is 0 Å². The van der Waals surface area contributed by atoms with Crippen LogP contribution < -0.4 is 0 Å². The molecule has 1 aromatic rings. The van der Waals surface area contributed by atoms with Crippen LogP contribution in [0, 0.1) is 11.3 Å². The Balaban J connectivity index is 1.92. The predicted molar refractivity (Wildman–Crippen MR) is 81.7 cm³/mol. The molecule has 1 atom stereocenters. The first-order valence-electron chi connectivity index (χ1n) is 7.23. The van der Waals surface area contributed by atoms with Gasteiger partial charge < -0.3 is 18.9 Å². The average molecular weight is 357 g/mol. The van der Waals surface area contributed by atoms with Gasteiger partial charge >= 0.3 is 5.97 Å². The second kappa shape index (κ2) is 5.63. The van der Waals surface area contributed by atoms with Crippen LogP contribution >= 0.6 is 15.9 Å². The van der Waals surface area contributed by atoms with Gasteiger partial charge in [0, 0.05) is 22.6 Å². The minimum absolute atomic E-state index is 0.0337. The number of methoxy groups -OCH3 is 1. The Kier molecular flexibility index (Phi) is 4.14. The largest absolute Gasteiger partial charge is 0.382 e. The highest BCUT2D eigenvalue weighted by molar-refractivity contribution is 9.10. The minimum atomic E-state index is -1.10.